The number of ether oxygens (including phenoxy) is 2. The Morgan fingerprint density at radius 3 is 2.04 bits per heavy atom. The van der Waals surface area contributed by atoms with Gasteiger partial charge in [0, 0.05) is 6.08 Å². The van der Waals surface area contributed by atoms with Gasteiger partial charge in [0.15, 0.2) is 0 Å². The van der Waals surface area contributed by atoms with Gasteiger partial charge in [-0.2, -0.15) is 22.0 Å². The highest BCUT2D eigenvalue weighted by Crippen LogP contribution is 2.32. The molecule has 0 heterocycles. The summed E-state index contributed by atoms with van der Waals surface area (Å²) in [5.74, 6) is -1.28. The van der Waals surface area contributed by atoms with Crippen molar-refractivity contribution < 1.29 is 41.3 Å². The molecule has 150 valence electrons. The Kier molecular flexibility index (Phi) is 6.61. The summed E-state index contributed by atoms with van der Waals surface area (Å²) < 4.78 is 74.2. The number of rotatable bonds is 8. The van der Waals surface area contributed by atoms with E-state index in [2.05, 4.69) is 4.74 Å². The van der Waals surface area contributed by atoms with E-state index in [0.717, 1.165) is 30.3 Å². The number of carboxylic acid groups (broad SMARTS) is 1. The average Bonchev–Trinajstić information content (AvgIpc) is 2.60. The lowest BCUT2D eigenvalue weighted by Gasteiger charge is -2.18. The summed E-state index contributed by atoms with van der Waals surface area (Å²) in [6.45, 7) is -0.581. The lowest BCUT2D eigenvalue weighted by molar-refractivity contribution is -0.185. The van der Waals surface area contributed by atoms with Gasteiger partial charge in [0.25, 0.3) is 0 Å². The molecule has 4 nitrogen and oxygen atoms in total. The van der Waals surface area contributed by atoms with Crippen LogP contribution < -0.4 is 9.47 Å². The van der Waals surface area contributed by atoms with Gasteiger partial charge >= 0.3 is 18.3 Å². The molecule has 28 heavy (non-hydrogen) atoms. The van der Waals surface area contributed by atoms with Crippen molar-refractivity contribution in [1.82, 2.24) is 0 Å². The summed E-state index contributed by atoms with van der Waals surface area (Å²) in [6, 6.07) is 9.56. The number of aliphatic carboxylic acids is 1. The van der Waals surface area contributed by atoms with Crippen LogP contribution in [-0.2, 0) is 10.9 Å². The number of alkyl halides is 5. The molecule has 2 aromatic rings. The lowest BCUT2D eigenvalue weighted by atomic mass is 10.1. The second kappa shape index (κ2) is 8.73. The zero-order chi connectivity index (χ0) is 20.8. The molecule has 0 atom stereocenters. The highest BCUT2D eigenvalue weighted by molar-refractivity contribution is 5.85. The molecule has 1 N–H and O–H groups in total. The fourth-order valence-corrected chi connectivity index (χ4v) is 2.05. The van der Waals surface area contributed by atoms with Crippen molar-refractivity contribution in [2.75, 3.05) is 6.61 Å². The second-order valence-electron chi connectivity index (χ2n) is 5.60. The zero-order valence-corrected chi connectivity index (χ0v) is 14.2. The molecule has 0 aliphatic carbocycles. The minimum absolute atomic E-state index is 0.0921. The first-order valence-electron chi connectivity index (χ1n) is 7.93. The summed E-state index contributed by atoms with van der Waals surface area (Å²) in [4.78, 5) is 10.4. The molecule has 0 aliphatic heterocycles. The molecule has 0 aliphatic rings. The molecule has 0 saturated heterocycles. The largest absolute Gasteiger partial charge is 0.493 e. The van der Waals surface area contributed by atoms with Gasteiger partial charge < -0.3 is 14.6 Å². The summed E-state index contributed by atoms with van der Waals surface area (Å²) in [6.07, 6.45) is -7.01. The summed E-state index contributed by atoms with van der Waals surface area (Å²) in [7, 11) is 0. The Hall–Kier alpha value is -3.10. The van der Waals surface area contributed by atoms with Crippen molar-refractivity contribution in [2.24, 2.45) is 0 Å². The van der Waals surface area contributed by atoms with E-state index in [1.807, 2.05) is 0 Å². The molecule has 2 rings (SSSR count). The fourth-order valence-electron chi connectivity index (χ4n) is 2.05. The highest BCUT2D eigenvalue weighted by atomic mass is 19.4. The van der Waals surface area contributed by atoms with Crippen molar-refractivity contribution in [3.63, 3.8) is 0 Å². The predicted octanol–water partition coefficient (Wildman–Crippen LogP) is 5.24. The molecular formula is C19H15F5O4. The van der Waals surface area contributed by atoms with Gasteiger partial charge in [-0.3, -0.25) is 0 Å². The van der Waals surface area contributed by atoms with Gasteiger partial charge in [-0.05, 0) is 48.0 Å². The number of carbonyl (C=O) groups is 1. The Bertz CT molecular complexity index is 812. The monoisotopic (exact) mass is 402 g/mol. The molecule has 9 heteroatoms. The molecular weight excluding hydrogens is 387 g/mol. The first kappa shape index (κ1) is 21.2. The third kappa shape index (κ3) is 6.90. The number of hydrogen-bond acceptors (Lipinski definition) is 3. The van der Waals surface area contributed by atoms with Crippen LogP contribution >= 0.6 is 0 Å². The maximum atomic E-state index is 14.2. The van der Waals surface area contributed by atoms with Gasteiger partial charge in [0.05, 0.1) is 18.6 Å². The third-order valence-electron chi connectivity index (χ3n) is 3.39. The Labute approximate surface area is 156 Å². The fraction of sp³-hybridized carbons (Fsp3) is 0.211. The van der Waals surface area contributed by atoms with Crippen LogP contribution in [0.1, 0.15) is 17.5 Å². The number of carboxylic acids is 1. The maximum Gasteiger partial charge on any atom is 0.426 e. The van der Waals surface area contributed by atoms with Crippen LogP contribution in [0.25, 0.3) is 6.08 Å². The van der Waals surface area contributed by atoms with Crippen molar-refractivity contribution in [1.29, 1.82) is 0 Å². The van der Waals surface area contributed by atoms with E-state index in [4.69, 9.17) is 9.84 Å². The summed E-state index contributed by atoms with van der Waals surface area (Å²) >= 11 is 0. The zero-order valence-electron chi connectivity index (χ0n) is 14.2. The molecule has 2 aromatic carbocycles. The molecule has 0 radical (unpaired) electrons. The van der Waals surface area contributed by atoms with Crippen molar-refractivity contribution in [3.05, 3.63) is 65.7 Å². The SMILES string of the molecule is O=C(O)C=Cc1ccc(C(F)(F)Oc2ccc(OCCC(F)(F)F)cc2)cc1. The van der Waals surface area contributed by atoms with Gasteiger partial charge in [-0.25, -0.2) is 4.79 Å². The number of hydrogen-bond donors (Lipinski definition) is 1. The van der Waals surface area contributed by atoms with Crippen molar-refractivity contribution in [3.8, 4) is 11.5 Å². The van der Waals surface area contributed by atoms with Crippen molar-refractivity contribution >= 4 is 12.0 Å². The van der Waals surface area contributed by atoms with Crippen LogP contribution in [0.3, 0.4) is 0 Å². The Morgan fingerprint density at radius 1 is 0.929 bits per heavy atom. The van der Waals surface area contributed by atoms with E-state index in [1.165, 1.54) is 30.3 Å². The topological polar surface area (TPSA) is 55.8 Å². The molecule has 0 saturated carbocycles. The molecule has 0 aromatic heterocycles. The standard InChI is InChI=1S/C19H15F5O4/c20-18(21,22)11-12-27-15-6-8-16(9-7-15)28-19(23,24)14-4-1-13(2-5-14)3-10-17(25)26/h1-10H,11-12H2,(H,25,26). The smallest absolute Gasteiger partial charge is 0.426 e. The quantitative estimate of drug-likeness (QED) is 0.484. The van der Waals surface area contributed by atoms with Crippen LogP contribution in [0.2, 0.25) is 0 Å². The second-order valence-corrected chi connectivity index (χ2v) is 5.60. The van der Waals surface area contributed by atoms with Crippen LogP contribution in [0.15, 0.2) is 54.6 Å². The van der Waals surface area contributed by atoms with E-state index in [1.54, 1.807) is 0 Å². The average molecular weight is 402 g/mol. The van der Waals surface area contributed by atoms with E-state index in [0.29, 0.717) is 5.56 Å². The van der Waals surface area contributed by atoms with Gasteiger partial charge in [-0.1, -0.05) is 12.1 Å². The maximum absolute atomic E-state index is 14.2. The highest BCUT2D eigenvalue weighted by Gasteiger charge is 2.34. The van der Waals surface area contributed by atoms with E-state index in [9.17, 15) is 26.7 Å². The lowest BCUT2D eigenvalue weighted by Crippen LogP contribution is -2.21. The van der Waals surface area contributed by atoms with Crippen LogP contribution in [0.4, 0.5) is 22.0 Å². The first-order valence-corrected chi connectivity index (χ1v) is 7.93. The Morgan fingerprint density at radius 2 is 1.50 bits per heavy atom. The first-order chi connectivity index (χ1) is 13.0. The number of halogens is 5. The minimum Gasteiger partial charge on any atom is -0.493 e. The summed E-state index contributed by atoms with van der Waals surface area (Å²) in [5.41, 5.74) is -0.0345. The van der Waals surface area contributed by atoms with Gasteiger partial charge in [0.1, 0.15) is 11.5 Å². The molecule has 0 unspecified atom stereocenters. The number of benzene rings is 2. The summed E-state index contributed by atoms with van der Waals surface area (Å²) in [5, 5.41) is 8.54. The molecule has 0 bridgehead atoms. The molecule has 0 spiro atoms. The van der Waals surface area contributed by atoms with Crippen LogP contribution in [0.5, 0.6) is 11.5 Å². The van der Waals surface area contributed by atoms with E-state index < -0.39 is 36.8 Å². The molecule has 0 fully saturated rings. The van der Waals surface area contributed by atoms with Crippen LogP contribution in [0, 0.1) is 0 Å². The molecule has 0 amide bonds. The van der Waals surface area contributed by atoms with Gasteiger partial charge in [-0.15, -0.1) is 0 Å². The normalized spacial score (nSPS) is 12.2. The predicted molar refractivity (Wildman–Crippen MR) is 90.2 cm³/mol. The van der Waals surface area contributed by atoms with Crippen LogP contribution in [-0.4, -0.2) is 23.9 Å². The Balaban J connectivity index is 1.98. The van der Waals surface area contributed by atoms with Crippen molar-refractivity contribution in [2.45, 2.75) is 18.7 Å². The van der Waals surface area contributed by atoms with Gasteiger partial charge in [0.2, 0.25) is 0 Å². The minimum atomic E-state index is -4.34. The van der Waals surface area contributed by atoms with E-state index in [-0.39, 0.29) is 11.5 Å². The van der Waals surface area contributed by atoms with E-state index >= 15 is 0 Å². The third-order valence-corrected chi connectivity index (χ3v) is 3.39.